The molecule has 0 atom stereocenters. The Morgan fingerprint density at radius 1 is 1.20 bits per heavy atom. The molecule has 0 spiro atoms. The second-order valence-electron chi connectivity index (χ2n) is 5.77. The highest BCUT2D eigenvalue weighted by molar-refractivity contribution is 5.95. The summed E-state index contributed by atoms with van der Waals surface area (Å²) in [5, 5.41) is 6.90. The number of nitrogens with one attached hydrogen (secondary N) is 2. The van der Waals surface area contributed by atoms with Crippen LogP contribution < -0.4 is 15.5 Å². The number of anilines is 2. The predicted octanol–water partition coefficient (Wildman–Crippen LogP) is 2.22. The minimum absolute atomic E-state index is 0.250. The van der Waals surface area contributed by atoms with Gasteiger partial charge in [0.2, 0.25) is 5.91 Å². The standard InChI is InChI=1S/C16H23N3O/c20-16-2-1-11-19(16)15-5-3-14(4-6-15)18-12-13-7-9-17-10-8-13/h3-6,13,17-18H,1-2,7-12H2. The van der Waals surface area contributed by atoms with Gasteiger partial charge >= 0.3 is 0 Å². The molecule has 1 aromatic rings. The van der Waals surface area contributed by atoms with E-state index in [1.807, 2.05) is 17.0 Å². The minimum atomic E-state index is 0.250. The second kappa shape index (κ2) is 6.27. The van der Waals surface area contributed by atoms with Gasteiger partial charge in [-0.25, -0.2) is 0 Å². The zero-order chi connectivity index (χ0) is 13.8. The van der Waals surface area contributed by atoms with Gasteiger partial charge in [-0.15, -0.1) is 0 Å². The summed E-state index contributed by atoms with van der Waals surface area (Å²) in [7, 11) is 0. The molecule has 2 N–H and O–H groups in total. The van der Waals surface area contributed by atoms with E-state index in [1.165, 1.54) is 12.8 Å². The average molecular weight is 273 g/mol. The molecular weight excluding hydrogens is 250 g/mol. The van der Waals surface area contributed by atoms with Crippen molar-refractivity contribution in [3.8, 4) is 0 Å². The Morgan fingerprint density at radius 2 is 1.95 bits per heavy atom. The van der Waals surface area contributed by atoms with Crippen LogP contribution in [0.25, 0.3) is 0 Å². The summed E-state index contributed by atoms with van der Waals surface area (Å²) in [4.78, 5) is 13.6. The fourth-order valence-corrected chi connectivity index (χ4v) is 3.03. The minimum Gasteiger partial charge on any atom is -0.385 e. The van der Waals surface area contributed by atoms with E-state index in [0.29, 0.717) is 6.42 Å². The predicted molar refractivity (Wildman–Crippen MR) is 82.1 cm³/mol. The number of amides is 1. The lowest BCUT2D eigenvalue weighted by Crippen LogP contribution is -2.31. The van der Waals surface area contributed by atoms with Gasteiger partial charge in [0.1, 0.15) is 0 Å². The summed E-state index contributed by atoms with van der Waals surface area (Å²) in [6.45, 7) is 4.19. The first-order valence-corrected chi connectivity index (χ1v) is 7.68. The van der Waals surface area contributed by atoms with Crippen LogP contribution in [0.15, 0.2) is 24.3 Å². The third-order valence-electron chi connectivity index (χ3n) is 4.31. The highest BCUT2D eigenvalue weighted by Crippen LogP contribution is 2.23. The van der Waals surface area contributed by atoms with Crippen molar-refractivity contribution in [2.24, 2.45) is 5.92 Å². The molecule has 2 heterocycles. The van der Waals surface area contributed by atoms with E-state index in [-0.39, 0.29) is 5.91 Å². The SMILES string of the molecule is O=C1CCCN1c1ccc(NCC2CCNCC2)cc1. The lowest BCUT2D eigenvalue weighted by molar-refractivity contribution is -0.117. The molecule has 108 valence electrons. The third kappa shape index (κ3) is 3.12. The van der Waals surface area contributed by atoms with Crippen LogP contribution in [-0.2, 0) is 4.79 Å². The summed E-state index contributed by atoms with van der Waals surface area (Å²) in [5.41, 5.74) is 2.18. The van der Waals surface area contributed by atoms with Crippen LogP contribution in [-0.4, -0.2) is 32.1 Å². The lowest BCUT2D eigenvalue weighted by atomic mass is 9.98. The van der Waals surface area contributed by atoms with Crippen LogP contribution >= 0.6 is 0 Å². The Labute approximate surface area is 120 Å². The second-order valence-corrected chi connectivity index (χ2v) is 5.77. The van der Waals surface area contributed by atoms with Crippen LogP contribution in [0.3, 0.4) is 0 Å². The molecule has 2 fully saturated rings. The van der Waals surface area contributed by atoms with Crippen molar-refractivity contribution in [2.45, 2.75) is 25.7 Å². The van der Waals surface area contributed by atoms with Crippen LogP contribution in [0.4, 0.5) is 11.4 Å². The van der Waals surface area contributed by atoms with Gasteiger partial charge in [-0.05, 0) is 62.5 Å². The van der Waals surface area contributed by atoms with Crippen molar-refractivity contribution >= 4 is 17.3 Å². The van der Waals surface area contributed by atoms with Gasteiger partial charge in [0, 0.05) is 30.9 Å². The Morgan fingerprint density at radius 3 is 2.60 bits per heavy atom. The molecule has 0 aliphatic carbocycles. The molecule has 1 aromatic carbocycles. The molecule has 0 saturated carbocycles. The van der Waals surface area contributed by atoms with Gasteiger partial charge in [0.05, 0.1) is 0 Å². The maximum absolute atomic E-state index is 11.7. The van der Waals surface area contributed by atoms with E-state index in [1.54, 1.807) is 0 Å². The normalized spacial score (nSPS) is 20.4. The largest absolute Gasteiger partial charge is 0.385 e. The van der Waals surface area contributed by atoms with Gasteiger partial charge in [-0.3, -0.25) is 4.79 Å². The molecule has 4 nitrogen and oxygen atoms in total. The first-order valence-electron chi connectivity index (χ1n) is 7.68. The van der Waals surface area contributed by atoms with E-state index in [4.69, 9.17) is 0 Å². The summed E-state index contributed by atoms with van der Waals surface area (Å²) in [5.74, 6) is 1.02. The fourth-order valence-electron chi connectivity index (χ4n) is 3.03. The Balaban J connectivity index is 1.54. The molecule has 1 amide bonds. The van der Waals surface area contributed by atoms with E-state index < -0.39 is 0 Å². The maximum Gasteiger partial charge on any atom is 0.227 e. The van der Waals surface area contributed by atoms with E-state index in [0.717, 1.165) is 49.9 Å². The molecule has 3 rings (SSSR count). The number of nitrogens with zero attached hydrogens (tertiary/aromatic N) is 1. The number of benzene rings is 1. The molecule has 4 heteroatoms. The summed E-state index contributed by atoms with van der Waals surface area (Å²) < 4.78 is 0. The fraction of sp³-hybridized carbons (Fsp3) is 0.562. The summed E-state index contributed by atoms with van der Waals surface area (Å²) >= 11 is 0. The highest BCUT2D eigenvalue weighted by Gasteiger charge is 2.21. The molecule has 2 aliphatic rings. The molecule has 2 aliphatic heterocycles. The molecule has 0 bridgehead atoms. The number of hydrogen-bond acceptors (Lipinski definition) is 3. The van der Waals surface area contributed by atoms with Crippen molar-refractivity contribution in [2.75, 3.05) is 36.4 Å². The number of carbonyl (C=O) groups excluding carboxylic acids is 1. The van der Waals surface area contributed by atoms with Crippen LogP contribution in [0.5, 0.6) is 0 Å². The van der Waals surface area contributed by atoms with Gasteiger partial charge in [0.15, 0.2) is 0 Å². The lowest BCUT2D eigenvalue weighted by Gasteiger charge is -2.23. The van der Waals surface area contributed by atoms with Crippen LogP contribution in [0.2, 0.25) is 0 Å². The summed E-state index contributed by atoms with van der Waals surface area (Å²) in [6.07, 6.45) is 4.19. The van der Waals surface area contributed by atoms with Crippen molar-refractivity contribution < 1.29 is 4.79 Å². The van der Waals surface area contributed by atoms with Crippen molar-refractivity contribution in [3.05, 3.63) is 24.3 Å². The first kappa shape index (κ1) is 13.4. The van der Waals surface area contributed by atoms with E-state index in [2.05, 4.69) is 22.8 Å². The van der Waals surface area contributed by atoms with Gasteiger partial charge < -0.3 is 15.5 Å². The molecular formula is C16H23N3O. The van der Waals surface area contributed by atoms with Crippen molar-refractivity contribution in [3.63, 3.8) is 0 Å². The van der Waals surface area contributed by atoms with Gasteiger partial charge in [-0.1, -0.05) is 0 Å². The monoisotopic (exact) mass is 273 g/mol. The Hall–Kier alpha value is -1.55. The van der Waals surface area contributed by atoms with Crippen LogP contribution in [0, 0.1) is 5.92 Å². The quantitative estimate of drug-likeness (QED) is 0.884. The number of hydrogen-bond donors (Lipinski definition) is 2. The van der Waals surface area contributed by atoms with Crippen LogP contribution in [0.1, 0.15) is 25.7 Å². The molecule has 0 unspecified atom stereocenters. The first-order chi connectivity index (χ1) is 9.83. The number of carbonyl (C=O) groups is 1. The third-order valence-corrected chi connectivity index (χ3v) is 4.31. The molecule has 2 saturated heterocycles. The number of rotatable bonds is 4. The highest BCUT2D eigenvalue weighted by atomic mass is 16.2. The Kier molecular flexibility index (Phi) is 4.21. The molecule has 20 heavy (non-hydrogen) atoms. The zero-order valence-electron chi connectivity index (χ0n) is 11.9. The maximum atomic E-state index is 11.7. The van der Waals surface area contributed by atoms with Crippen molar-refractivity contribution in [1.82, 2.24) is 5.32 Å². The summed E-state index contributed by atoms with van der Waals surface area (Å²) in [6, 6.07) is 8.27. The average Bonchev–Trinajstić information content (AvgIpc) is 2.93. The number of piperidine rings is 1. The van der Waals surface area contributed by atoms with E-state index in [9.17, 15) is 4.79 Å². The van der Waals surface area contributed by atoms with Crippen molar-refractivity contribution in [1.29, 1.82) is 0 Å². The Bertz CT molecular complexity index is 451. The van der Waals surface area contributed by atoms with Gasteiger partial charge in [-0.2, -0.15) is 0 Å². The molecule has 0 radical (unpaired) electrons. The molecule has 0 aromatic heterocycles. The smallest absolute Gasteiger partial charge is 0.227 e. The van der Waals surface area contributed by atoms with E-state index >= 15 is 0 Å². The topological polar surface area (TPSA) is 44.4 Å². The van der Waals surface area contributed by atoms with Gasteiger partial charge in [0.25, 0.3) is 0 Å². The zero-order valence-corrected chi connectivity index (χ0v) is 11.9.